The Labute approximate surface area is 167 Å². The minimum atomic E-state index is -0.153. The zero-order chi connectivity index (χ0) is 20.2. The molecule has 0 saturated heterocycles. The number of aromatic nitrogens is 4. The quantitative estimate of drug-likeness (QED) is 0.685. The van der Waals surface area contributed by atoms with Crippen LogP contribution in [0.1, 0.15) is 31.2 Å². The zero-order valence-electron chi connectivity index (χ0n) is 16.0. The molecule has 0 fully saturated rings. The summed E-state index contributed by atoms with van der Waals surface area (Å²) in [6.07, 6.45) is 4.88. The molecule has 0 bridgehead atoms. The average Bonchev–Trinajstić information content (AvgIpc) is 3.22. The van der Waals surface area contributed by atoms with Crippen LogP contribution in [0.25, 0.3) is 11.6 Å². The number of nitrogens with one attached hydrogen (secondary N) is 1. The second kappa shape index (κ2) is 8.17. The summed E-state index contributed by atoms with van der Waals surface area (Å²) in [4.78, 5) is 38.4. The molecule has 3 heterocycles. The molecule has 0 atom stereocenters. The van der Waals surface area contributed by atoms with E-state index in [0.29, 0.717) is 49.0 Å². The van der Waals surface area contributed by atoms with Crippen molar-refractivity contribution in [3.8, 4) is 11.6 Å². The van der Waals surface area contributed by atoms with E-state index in [1.54, 1.807) is 23.4 Å². The molecule has 9 heteroatoms. The van der Waals surface area contributed by atoms with Gasteiger partial charge in [0.25, 0.3) is 0 Å². The molecule has 9 nitrogen and oxygen atoms in total. The molecule has 2 amide bonds. The van der Waals surface area contributed by atoms with E-state index >= 15 is 0 Å². The van der Waals surface area contributed by atoms with Crippen molar-refractivity contribution >= 4 is 23.2 Å². The van der Waals surface area contributed by atoms with E-state index < -0.39 is 0 Å². The fourth-order valence-corrected chi connectivity index (χ4v) is 3.29. The van der Waals surface area contributed by atoms with E-state index in [9.17, 15) is 9.59 Å². The SMILES string of the molecule is CCN1C(=O)CCc2cc(NC(=O)CCc3nc(-c4ncccn4)no3)ccc21. The second-order valence-corrected chi connectivity index (χ2v) is 6.61. The van der Waals surface area contributed by atoms with Crippen molar-refractivity contribution in [2.45, 2.75) is 32.6 Å². The van der Waals surface area contributed by atoms with Gasteiger partial charge in [0.1, 0.15) is 0 Å². The van der Waals surface area contributed by atoms with Crippen LogP contribution in [0, 0.1) is 0 Å². The van der Waals surface area contributed by atoms with Crippen molar-refractivity contribution in [2.75, 3.05) is 16.8 Å². The first kappa shape index (κ1) is 18.7. The summed E-state index contributed by atoms with van der Waals surface area (Å²) in [5.74, 6) is 1.01. The normalized spacial score (nSPS) is 13.3. The van der Waals surface area contributed by atoms with Crippen LogP contribution in [-0.2, 0) is 22.4 Å². The Morgan fingerprint density at radius 2 is 2.03 bits per heavy atom. The molecule has 0 saturated carbocycles. The lowest BCUT2D eigenvalue weighted by Crippen LogP contribution is -2.34. The van der Waals surface area contributed by atoms with Crippen LogP contribution in [0.4, 0.5) is 11.4 Å². The molecule has 0 aliphatic carbocycles. The van der Waals surface area contributed by atoms with Crippen LogP contribution in [0.5, 0.6) is 0 Å². The van der Waals surface area contributed by atoms with Gasteiger partial charge in [-0.05, 0) is 43.2 Å². The summed E-state index contributed by atoms with van der Waals surface area (Å²) in [5.41, 5.74) is 2.69. The Kier molecular flexibility index (Phi) is 5.28. The number of nitrogens with zero attached hydrogens (tertiary/aromatic N) is 5. The zero-order valence-corrected chi connectivity index (χ0v) is 16.0. The van der Waals surface area contributed by atoms with Crippen LogP contribution in [0.3, 0.4) is 0 Å². The van der Waals surface area contributed by atoms with Gasteiger partial charge >= 0.3 is 0 Å². The van der Waals surface area contributed by atoms with Gasteiger partial charge in [-0.15, -0.1) is 0 Å². The first-order chi connectivity index (χ1) is 14.1. The summed E-state index contributed by atoms with van der Waals surface area (Å²) >= 11 is 0. The van der Waals surface area contributed by atoms with E-state index in [4.69, 9.17) is 4.52 Å². The Morgan fingerprint density at radius 3 is 2.83 bits per heavy atom. The van der Waals surface area contributed by atoms with Gasteiger partial charge in [-0.1, -0.05) is 5.16 Å². The number of anilines is 2. The number of hydrogen-bond donors (Lipinski definition) is 1. The maximum atomic E-state index is 12.3. The molecular weight excluding hydrogens is 372 g/mol. The van der Waals surface area contributed by atoms with E-state index in [2.05, 4.69) is 25.4 Å². The van der Waals surface area contributed by atoms with E-state index in [1.165, 1.54) is 0 Å². The Hall–Kier alpha value is -3.62. The van der Waals surface area contributed by atoms with Crippen LogP contribution in [0.15, 0.2) is 41.2 Å². The van der Waals surface area contributed by atoms with E-state index in [-0.39, 0.29) is 18.2 Å². The fraction of sp³-hybridized carbons (Fsp3) is 0.300. The second-order valence-electron chi connectivity index (χ2n) is 6.61. The molecule has 4 rings (SSSR count). The number of aryl methyl sites for hydroxylation is 2. The van der Waals surface area contributed by atoms with Gasteiger partial charge in [0.2, 0.25) is 29.4 Å². The number of fused-ring (bicyclic) bond motifs is 1. The predicted molar refractivity (Wildman–Crippen MR) is 105 cm³/mol. The van der Waals surface area contributed by atoms with Crippen LogP contribution in [0.2, 0.25) is 0 Å². The Bertz CT molecular complexity index is 1030. The van der Waals surface area contributed by atoms with Gasteiger partial charge in [-0.25, -0.2) is 9.97 Å². The molecule has 1 aliphatic rings. The first-order valence-electron chi connectivity index (χ1n) is 9.47. The van der Waals surface area contributed by atoms with Crippen molar-refractivity contribution in [2.24, 2.45) is 0 Å². The molecule has 29 heavy (non-hydrogen) atoms. The summed E-state index contributed by atoms with van der Waals surface area (Å²) in [7, 11) is 0. The lowest BCUT2D eigenvalue weighted by Gasteiger charge is -2.28. The summed E-state index contributed by atoms with van der Waals surface area (Å²) < 4.78 is 5.17. The van der Waals surface area contributed by atoms with Gasteiger partial charge in [-0.3, -0.25) is 9.59 Å². The number of carbonyl (C=O) groups is 2. The third-order valence-electron chi connectivity index (χ3n) is 4.68. The third-order valence-corrected chi connectivity index (χ3v) is 4.68. The fourth-order valence-electron chi connectivity index (χ4n) is 3.29. The summed E-state index contributed by atoms with van der Waals surface area (Å²) in [6, 6.07) is 7.33. The van der Waals surface area contributed by atoms with Gasteiger partial charge in [-0.2, -0.15) is 4.98 Å². The molecule has 148 valence electrons. The highest BCUT2D eigenvalue weighted by Gasteiger charge is 2.23. The Balaban J connectivity index is 1.36. The first-order valence-corrected chi connectivity index (χ1v) is 9.47. The molecule has 1 aliphatic heterocycles. The third kappa shape index (κ3) is 4.13. The minimum absolute atomic E-state index is 0.136. The van der Waals surface area contributed by atoms with Crippen LogP contribution < -0.4 is 10.2 Å². The molecule has 2 aromatic heterocycles. The van der Waals surface area contributed by atoms with E-state index in [1.807, 2.05) is 25.1 Å². The standard InChI is InChI=1S/C20H20N6O3/c1-2-26-15-6-5-14(12-13(15)4-9-18(26)28)23-16(27)7-8-17-24-20(25-29-17)19-21-10-3-11-22-19/h3,5-6,10-12H,2,4,7-9H2,1H3,(H,23,27). The number of carbonyl (C=O) groups excluding carboxylic acids is 2. The van der Waals surface area contributed by atoms with Crippen molar-refractivity contribution in [3.05, 3.63) is 48.1 Å². The van der Waals surface area contributed by atoms with Crippen molar-refractivity contribution in [1.29, 1.82) is 0 Å². The van der Waals surface area contributed by atoms with Crippen molar-refractivity contribution in [1.82, 2.24) is 20.1 Å². The highest BCUT2D eigenvalue weighted by Crippen LogP contribution is 2.30. The van der Waals surface area contributed by atoms with Gasteiger partial charge in [0.15, 0.2) is 0 Å². The topological polar surface area (TPSA) is 114 Å². The lowest BCUT2D eigenvalue weighted by molar-refractivity contribution is -0.119. The monoisotopic (exact) mass is 392 g/mol. The largest absolute Gasteiger partial charge is 0.339 e. The number of benzene rings is 1. The molecule has 0 radical (unpaired) electrons. The van der Waals surface area contributed by atoms with Crippen molar-refractivity contribution in [3.63, 3.8) is 0 Å². The summed E-state index contributed by atoms with van der Waals surface area (Å²) in [5, 5.41) is 6.73. The molecule has 1 N–H and O–H groups in total. The number of rotatable bonds is 6. The maximum Gasteiger partial charge on any atom is 0.240 e. The maximum absolute atomic E-state index is 12.3. The molecule has 0 unspecified atom stereocenters. The van der Waals surface area contributed by atoms with Crippen LogP contribution in [-0.4, -0.2) is 38.5 Å². The number of hydrogen-bond acceptors (Lipinski definition) is 7. The lowest BCUT2D eigenvalue weighted by atomic mass is 10.0. The highest BCUT2D eigenvalue weighted by molar-refractivity contribution is 5.97. The van der Waals surface area contributed by atoms with Crippen LogP contribution >= 0.6 is 0 Å². The van der Waals surface area contributed by atoms with E-state index in [0.717, 1.165) is 11.3 Å². The number of amides is 2. The Morgan fingerprint density at radius 1 is 1.21 bits per heavy atom. The van der Waals surface area contributed by atoms with Crippen molar-refractivity contribution < 1.29 is 14.1 Å². The molecule has 0 spiro atoms. The smallest absolute Gasteiger partial charge is 0.240 e. The van der Waals surface area contributed by atoms with Gasteiger partial charge in [0.05, 0.1) is 0 Å². The predicted octanol–water partition coefficient (Wildman–Crippen LogP) is 2.40. The average molecular weight is 392 g/mol. The molecular formula is C20H20N6O3. The van der Waals surface area contributed by atoms with Gasteiger partial charge < -0.3 is 14.7 Å². The summed E-state index contributed by atoms with van der Waals surface area (Å²) in [6.45, 7) is 2.59. The molecule has 1 aromatic carbocycles. The minimum Gasteiger partial charge on any atom is -0.339 e. The molecule has 3 aromatic rings. The van der Waals surface area contributed by atoms with Gasteiger partial charge in [0, 0.05) is 49.6 Å². The highest BCUT2D eigenvalue weighted by atomic mass is 16.5.